The molecule has 2 heterocycles. The molecule has 21 heavy (non-hydrogen) atoms. The van der Waals surface area contributed by atoms with Crippen LogP contribution in [0.1, 0.15) is 20.8 Å². The number of nitrogens with one attached hydrogen (secondary N) is 1. The van der Waals surface area contributed by atoms with Crippen LogP contribution in [0.5, 0.6) is 0 Å². The highest BCUT2D eigenvalue weighted by Gasteiger charge is 2.81. The van der Waals surface area contributed by atoms with Gasteiger partial charge in [-0.2, -0.15) is 0 Å². The molecule has 10 heteroatoms. The maximum atomic E-state index is 12.6. The summed E-state index contributed by atoms with van der Waals surface area (Å²) in [5.74, 6) is -3.15. The van der Waals surface area contributed by atoms with E-state index in [-0.39, 0.29) is 0 Å². The molecule has 0 aromatic rings. The van der Waals surface area contributed by atoms with Gasteiger partial charge in [-0.1, -0.05) is 0 Å². The van der Waals surface area contributed by atoms with Gasteiger partial charge in [-0.05, 0) is 13.8 Å². The average molecular weight is 320 g/mol. The predicted molar refractivity (Wildman–Crippen MR) is 68.6 cm³/mol. The Bertz CT molecular complexity index is 641. The van der Waals surface area contributed by atoms with Gasteiger partial charge in [-0.25, -0.2) is 13.2 Å². The fraction of sp³-hybridized carbons (Fsp3) is 0.727. The largest absolute Gasteiger partial charge is 0.478 e. The first-order chi connectivity index (χ1) is 9.46. The molecule has 3 atom stereocenters. The quantitative estimate of drug-likeness (QED) is 0.592. The van der Waals surface area contributed by atoms with Crippen molar-refractivity contribution in [1.29, 1.82) is 0 Å². The van der Waals surface area contributed by atoms with Crippen molar-refractivity contribution in [2.45, 2.75) is 42.7 Å². The molecule has 0 aliphatic carbocycles. The van der Waals surface area contributed by atoms with Gasteiger partial charge in [-0.3, -0.25) is 14.5 Å². The first kappa shape index (κ1) is 15.7. The fourth-order valence-corrected chi connectivity index (χ4v) is 5.33. The van der Waals surface area contributed by atoms with Crippen molar-refractivity contribution in [3.8, 4) is 0 Å². The lowest BCUT2D eigenvalue weighted by molar-refractivity contribution is -0.187. The highest BCUT2D eigenvalue weighted by atomic mass is 32.2. The number of carboxylic acids is 1. The summed E-state index contributed by atoms with van der Waals surface area (Å²) in [4.78, 5) is 35.9. The highest BCUT2D eigenvalue weighted by molar-refractivity contribution is 7.94. The molecule has 0 unspecified atom stereocenters. The van der Waals surface area contributed by atoms with E-state index in [0.717, 1.165) is 6.92 Å². The second-order valence-electron chi connectivity index (χ2n) is 5.51. The van der Waals surface area contributed by atoms with Gasteiger partial charge in [0.05, 0.1) is 0 Å². The molecule has 0 radical (unpaired) electrons. The van der Waals surface area contributed by atoms with Crippen LogP contribution in [0.25, 0.3) is 0 Å². The summed E-state index contributed by atoms with van der Waals surface area (Å²) >= 11 is 0. The number of rotatable bonds is 3. The Morgan fingerprint density at radius 3 is 2.29 bits per heavy atom. The van der Waals surface area contributed by atoms with Crippen LogP contribution in [0.3, 0.4) is 0 Å². The van der Waals surface area contributed by atoms with E-state index in [9.17, 15) is 27.9 Å². The molecule has 0 aromatic heterocycles. The van der Waals surface area contributed by atoms with Crippen LogP contribution in [0.15, 0.2) is 0 Å². The van der Waals surface area contributed by atoms with Gasteiger partial charge in [0.15, 0.2) is 21.3 Å². The maximum absolute atomic E-state index is 12.6. The van der Waals surface area contributed by atoms with Crippen LogP contribution in [-0.4, -0.2) is 65.2 Å². The molecule has 9 nitrogen and oxygen atoms in total. The van der Waals surface area contributed by atoms with Gasteiger partial charge >= 0.3 is 5.97 Å². The minimum atomic E-state index is -4.07. The third-order valence-corrected chi connectivity index (χ3v) is 6.99. The molecule has 118 valence electrons. The minimum Gasteiger partial charge on any atom is -0.478 e. The number of carbonyl (C=O) groups excluding carboxylic acids is 2. The number of methoxy groups -OCH3 is 1. The van der Waals surface area contributed by atoms with Gasteiger partial charge < -0.3 is 15.2 Å². The Hall–Kier alpha value is -1.68. The van der Waals surface area contributed by atoms with Crippen LogP contribution < -0.4 is 5.32 Å². The molecule has 0 saturated carbocycles. The molecule has 2 rings (SSSR count). The van der Waals surface area contributed by atoms with Crippen molar-refractivity contribution in [1.82, 2.24) is 10.2 Å². The third-order valence-electron chi connectivity index (χ3n) is 4.18. The Kier molecular flexibility index (Phi) is 3.12. The molecule has 2 amide bonds. The van der Waals surface area contributed by atoms with E-state index in [1.807, 2.05) is 0 Å². The number of ether oxygens (including phenoxy) is 1. The van der Waals surface area contributed by atoms with E-state index in [1.165, 1.54) is 21.0 Å². The monoisotopic (exact) mass is 320 g/mol. The number of amides is 2. The van der Waals surface area contributed by atoms with Crippen molar-refractivity contribution in [3.05, 3.63) is 0 Å². The zero-order valence-corrected chi connectivity index (χ0v) is 12.7. The SMILES string of the molecule is CO[C@@H]1C(=O)N2[C@@H]1S(=O)(=O)C(C)(C)[C@]2(NC(C)=O)C(=O)O. The van der Waals surface area contributed by atoms with Crippen LogP contribution in [0.4, 0.5) is 0 Å². The number of hydrogen-bond acceptors (Lipinski definition) is 6. The number of aliphatic carboxylic acids is 1. The van der Waals surface area contributed by atoms with Crippen LogP contribution >= 0.6 is 0 Å². The minimum absolute atomic E-state index is 0.681. The number of fused-ring (bicyclic) bond motifs is 1. The molecule has 0 spiro atoms. The zero-order valence-electron chi connectivity index (χ0n) is 11.9. The lowest BCUT2D eigenvalue weighted by Crippen LogP contribution is -2.78. The molecule has 2 aliphatic heterocycles. The summed E-state index contributed by atoms with van der Waals surface area (Å²) < 4.78 is 28.1. The Morgan fingerprint density at radius 1 is 1.38 bits per heavy atom. The Balaban J connectivity index is 2.73. The van der Waals surface area contributed by atoms with Crippen molar-refractivity contribution < 1.29 is 32.6 Å². The summed E-state index contributed by atoms with van der Waals surface area (Å²) in [6.45, 7) is 3.40. The van der Waals surface area contributed by atoms with Gasteiger partial charge in [0.1, 0.15) is 4.75 Å². The summed E-state index contributed by atoms with van der Waals surface area (Å²) in [7, 11) is -2.91. The molecule has 2 aliphatic rings. The van der Waals surface area contributed by atoms with E-state index in [2.05, 4.69) is 5.32 Å². The second kappa shape index (κ2) is 4.17. The molecule has 2 saturated heterocycles. The Labute approximate surface area is 121 Å². The average Bonchev–Trinajstić information content (AvgIpc) is 2.43. The van der Waals surface area contributed by atoms with E-state index >= 15 is 0 Å². The molecule has 2 fully saturated rings. The van der Waals surface area contributed by atoms with Gasteiger partial charge in [-0.15, -0.1) is 0 Å². The van der Waals surface area contributed by atoms with E-state index < -0.39 is 49.5 Å². The molecular formula is C11H16N2O7S. The first-order valence-electron chi connectivity index (χ1n) is 6.08. The number of nitrogens with zero attached hydrogens (tertiary/aromatic N) is 1. The lowest BCUT2D eigenvalue weighted by Gasteiger charge is -2.47. The first-order valence-corrected chi connectivity index (χ1v) is 7.63. The topological polar surface area (TPSA) is 130 Å². The Morgan fingerprint density at radius 2 is 1.90 bits per heavy atom. The van der Waals surface area contributed by atoms with Crippen LogP contribution in [0, 0.1) is 0 Å². The summed E-state index contributed by atoms with van der Waals surface area (Å²) in [6.07, 6.45) is -1.26. The molecule has 0 bridgehead atoms. The highest BCUT2D eigenvalue weighted by Crippen LogP contribution is 2.51. The summed E-state index contributed by atoms with van der Waals surface area (Å²) in [5, 5.41) is 10.3. The second-order valence-corrected chi connectivity index (χ2v) is 8.10. The zero-order chi connectivity index (χ0) is 16.4. The van der Waals surface area contributed by atoms with Crippen molar-refractivity contribution in [3.63, 3.8) is 0 Å². The standard InChI is InChI=1S/C11H16N2O7S/c1-5(14)12-11(9(16)17)10(2,3)21(18,19)8-6(20-4)7(15)13(8)11/h6,8H,1-4H3,(H,12,14)(H,16,17)/t6-,8-,11+/m1/s1. The summed E-state index contributed by atoms with van der Waals surface area (Å²) in [6, 6.07) is 0. The number of carbonyl (C=O) groups is 3. The maximum Gasteiger partial charge on any atom is 0.352 e. The number of β-lactam (4-membered cyclic amide) rings is 1. The number of hydrogen-bond donors (Lipinski definition) is 2. The van der Waals surface area contributed by atoms with E-state index in [1.54, 1.807) is 0 Å². The fourth-order valence-electron chi connectivity index (χ4n) is 2.99. The lowest BCUT2D eigenvalue weighted by atomic mass is 9.89. The van der Waals surface area contributed by atoms with Gasteiger partial charge in [0, 0.05) is 14.0 Å². The normalized spacial score (nSPS) is 35.8. The molecular weight excluding hydrogens is 304 g/mol. The number of carboxylic acid groups (broad SMARTS) is 1. The van der Waals surface area contributed by atoms with E-state index in [4.69, 9.17) is 4.74 Å². The summed E-state index contributed by atoms with van der Waals surface area (Å²) in [5.41, 5.74) is -2.35. The number of sulfone groups is 1. The van der Waals surface area contributed by atoms with E-state index in [0.29, 0.717) is 4.90 Å². The molecule has 2 N–H and O–H groups in total. The van der Waals surface area contributed by atoms with Crippen LogP contribution in [-0.2, 0) is 29.0 Å². The predicted octanol–water partition coefficient (Wildman–Crippen LogP) is -1.71. The van der Waals surface area contributed by atoms with Crippen molar-refractivity contribution >= 4 is 27.6 Å². The third kappa shape index (κ3) is 1.49. The van der Waals surface area contributed by atoms with Gasteiger partial charge in [0.2, 0.25) is 11.6 Å². The molecule has 0 aromatic carbocycles. The van der Waals surface area contributed by atoms with Crippen molar-refractivity contribution in [2.24, 2.45) is 0 Å². The van der Waals surface area contributed by atoms with Crippen molar-refractivity contribution in [2.75, 3.05) is 7.11 Å². The van der Waals surface area contributed by atoms with Crippen LogP contribution in [0.2, 0.25) is 0 Å². The smallest absolute Gasteiger partial charge is 0.352 e. The van der Waals surface area contributed by atoms with Gasteiger partial charge in [0.25, 0.3) is 5.91 Å².